The number of benzene rings is 1. The van der Waals surface area contributed by atoms with Crippen LogP contribution in [0.4, 0.5) is 0 Å². The van der Waals surface area contributed by atoms with Gasteiger partial charge >= 0.3 is 0 Å². The van der Waals surface area contributed by atoms with Crippen LogP contribution >= 0.6 is 0 Å². The van der Waals surface area contributed by atoms with E-state index in [0.29, 0.717) is 23.6 Å². The number of hydrogen-bond donors (Lipinski definition) is 1. The van der Waals surface area contributed by atoms with Gasteiger partial charge in [-0.05, 0) is 77.9 Å². The summed E-state index contributed by atoms with van der Waals surface area (Å²) in [7, 11) is 0. The molecule has 37 heavy (non-hydrogen) atoms. The highest BCUT2D eigenvalue weighted by Crippen LogP contribution is 2.38. The highest BCUT2D eigenvalue weighted by atomic mass is 16.2. The molecule has 3 saturated heterocycles. The van der Waals surface area contributed by atoms with Gasteiger partial charge in [-0.1, -0.05) is 30.3 Å². The first kappa shape index (κ1) is 26.3. The zero-order valence-corrected chi connectivity index (χ0v) is 23.1. The first-order chi connectivity index (χ1) is 17.9. The van der Waals surface area contributed by atoms with E-state index in [4.69, 9.17) is 0 Å². The molecule has 0 spiro atoms. The molecule has 2 aromatic rings. The Balaban J connectivity index is 1.24. The van der Waals surface area contributed by atoms with Crippen molar-refractivity contribution in [1.29, 1.82) is 0 Å². The Bertz CT molecular complexity index is 1040. The van der Waals surface area contributed by atoms with Crippen molar-refractivity contribution < 1.29 is 4.79 Å². The second-order valence-electron chi connectivity index (χ2n) is 11.7. The average molecular weight is 505 g/mol. The molecule has 200 valence electrons. The molecule has 0 saturated carbocycles. The monoisotopic (exact) mass is 504 g/mol. The highest BCUT2D eigenvalue weighted by Gasteiger charge is 2.42. The Morgan fingerprint density at radius 1 is 1.00 bits per heavy atom. The van der Waals surface area contributed by atoms with Gasteiger partial charge in [-0.15, -0.1) is 0 Å². The van der Waals surface area contributed by atoms with Crippen LogP contribution in [0.2, 0.25) is 0 Å². The lowest BCUT2D eigenvalue weighted by molar-refractivity contribution is -0.0409. The molecule has 4 heterocycles. The smallest absolute Gasteiger partial charge is 0.257 e. The van der Waals surface area contributed by atoms with Crippen LogP contribution in [0.3, 0.4) is 0 Å². The third-order valence-corrected chi connectivity index (χ3v) is 9.34. The predicted octanol–water partition coefficient (Wildman–Crippen LogP) is 3.84. The minimum Gasteiger partial charge on any atom is -0.338 e. The van der Waals surface area contributed by atoms with E-state index >= 15 is 0 Å². The van der Waals surface area contributed by atoms with E-state index in [9.17, 15) is 4.79 Å². The molecule has 3 aliphatic rings. The summed E-state index contributed by atoms with van der Waals surface area (Å²) in [6, 6.07) is 12.2. The van der Waals surface area contributed by atoms with Gasteiger partial charge in [0.05, 0.1) is 17.0 Å². The Hall–Kier alpha value is -2.35. The lowest BCUT2D eigenvalue weighted by atomic mass is 9.82. The number of amides is 1. The van der Waals surface area contributed by atoms with Crippen molar-refractivity contribution in [2.24, 2.45) is 5.92 Å². The number of aryl methyl sites for hydroxylation is 2. The molecule has 1 aromatic carbocycles. The van der Waals surface area contributed by atoms with Gasteiger partial charge in [0, 0.05) is 50.3 Å². The van der Waals surface area contributed by atoms with Gasteiger partial charge in [-0.2, -0.15) is 0 Å². The number of aromatic nitrogens is 2. The van der Waals surface area contributed by atoms with E-state index in [0.717, 1.165) is 70.0 Å². The van der Waals surface area contributed by atoms with Crippen molar-refractivity contribution in [3.63, 3.8) is 0 Å². The van der Waals surface area contributed by atoms with E-state index in [-0.39, 0.29) is 11.4 Å². The summed E-state index contributed by atoms with van der Waals surface area (Å²) in [6.07, 6.45) is 6.06. The van der Waals surface area contributed by atoms with E-state index in [2.05, 4.69) is 69.3 Å². The van der Waals surface area contributed by atoms with Crippen LogP contribution in [0.1, 0.15) is 72.9 Å². The Morgan fingerprint density at radius 3 is 2.27 bits per heavy atom. The Labute approximate surface area is 222 Å². The van der Waals surface area contributed by atoms with Crippen LogP contribution in [0, 0.1) is 19.8 Å². The fraction of sp³-hybridized carbons (Fsp3) is 0.633. The summed E-state index contributed by atoms with van der Waals surface area (Å²) >= 11 is 0. The van der Waals surface area contributed by atoms with Crippen LogP contribution in [-0.4, -0.2) is 88.0 Å². The van der Waals surface area contributed by atoms with Gasteiger partial charge in [0.15, 0.2) is 0 Å². The number of hydrogen-bond acceptors (Lipinski definition) is 6. The van der Waals surface area contributed by atoms with Crippen LogP contribution in [0.5, 0.6) is 0 Å². The molecular weight excluding hydrogens is 460 g/mol. The van der Waals surface area contributed by atoms with Crippen LogP contribution in [-0.2, 0) is 0 Å². The standard InChI is InChI=1S/C30H44N6O/c1-22-20-35(18-19-36(22)28(25-8-6-5-7-9-25)26-10-14-31-15-11-26)30(4)12-16-34(17-13-30)29(37)27-23(2)32-21-33-24(27)3/h5-9,21-22,26,28,31H,10-20H2,1-4H3/t22?,28-/m0/s1. The molecule has 0 aliphatic carbocycles. The largest absolute Gasteiger partial charge is 0.338 e. The summed E-state index contributed by atoms with van der Waals surface area (Å²) < 4.78 is 0. The maximum atomic E-state index is 13.3. The maximum Gasteiger partial charge on any atom is 0.257 e. The predicted molar refractivity (Wildman–Crippen MR) is 148 cm³/mol. The molecule has 7 heteroatoms. The SMILES string of the molecule is Cc1ncnc(C)c1C(=O)N1CCC(C)(N2CCN([C@@H](c3ccccc3)C3CCNCC3)C(C)C2)CC1. The second kappa shape index (κ2) is 11.2. The number of rotatable bonds is 5. The quantitative estimate of drug-likeness (QED) is 0.668. The van der Waals surface area contributed by atoms with Crippen molar-refractivity contribution in [2.45, 2.75) is 71.0 Å². The first-order valence-electron chi connectivity index (χ1n) is 14.2. The van der Waals surface area contributed by atoms with Crippen LogP contribution in [0.15, 0.2) is 36.7 Å². The molecule has 2 atom stereocenters. The molecule has 1 unspecified atom stereocenters. The van der Waals surface area contributed by atoms with E-state index < -0.39 is 0 Å². The summed E-state index contributed by atoms with van der Waals surface area (Å²) in [5.41, 5.74) is 3.84. The summed E-state index contributed by atoms with van der Waals surface area (Å²) in [5, 5.41) is 3.56. The molecule has 0 radical (unpaired) electrons. The molecule has 3 fully saturated rings. The molecule has 3 aliphatic heterocycles. The van der Waals surface area contributed by atoms with Gasteiger partial charge < -0.3 is 10.2 Å². The highest BCUT2D eigenvalue weighted by molar-refractivity contribution is 5.96. The molecule has 7 nitrogen and oxygen atoms in total. The summed E-state index contributed by atoms with van der Waals surface area (Å²) in [4.78, 5) is 29.4. The normalized spacial score (nSPS) is 24.6. The molecule has 1 aromatic heterocycles. The lowest BCUT2D eigenvalue weighted by Gasteiger charge is -2.54. The van der Waals surface area contributed by atoms with E-state index in [1.807, 2.05) is 18.7 Å². The molecule has 5 rings (SSSR count). The number of piperidine rings is 2. The fourth-order valence-corrected chi connectivity index (χ4v) is 6.99. The second-order valence-corrected chi connectivity index (χ2v) is 11.7. The molecule has 1 amide bonds. The number of piperazine rings is 1. The number of nitrogens with zero attached hydrogens (tertiary/aromatic N) is 5. The van der Waals surface area contributed by atoms with Gasteiger partial charge in [0.2, 0.25) is 0 Å². The van der Waals surface area contributed by atoms with Gasteiger partial charge in [0.1, 0.15) is 6.33 Å². The van der Waals surface area contributed by atoms with Gasteiger partial charge in [0.25, 0.3) is 5.91 Å². The summed E-state index contributed by atoms with van der Waals surface area (Å²) in [5.74, 6) is 0.792. The van der Waals surface area contributed by atoms with Crippen LogP contribution in [0.25, 0.3) is 0 Å². The van der Waals surface area contributed by atoms with E-state index in [1.165, 1.54) is 18.4 Å². The number of nitrogens with one attached hydrogen (secondary N) is 1. The van der Waals surface area contributed by atoms with Gasteiger partial charge in [-0.3, -0.25) is 14.6 Å². The fourth-order valence-electron chi connectivity index (χ4n) is 6.99. The molecule has 0 bridgehead atoms. The zero-order valence-electron chi connectivity index (χ0n) is 23.1. The molecular formula is C30H44N6O. The third kappa shape index (κ3) is 5.45. The van der Waals surface area contributed by atoms with Crippen LogP contribution < -0.4 is 5.32 Å². The number of carbonyl (C=O) groups is 1. The third-order valence-electron chi connectivity index (χ3n) is 9.34. The average Bonchev–Trinajstić information content (AvgIpc) is 2.91. The first-order valence-corrected chi connectivity index (χ1v) is 14.2. The number of carbonyl (C=O) groups excluding carboxylic acids is 1. The van der Waals surface area contributed by atoms with Crippen molar-refractivity contribution in [3.8, 4) is 0 Å². The Kier molecular flexibility index (Phi) is 7.93. The van der Waals surface area contributed by atoms with Gasteiger partial charge in [-0.25, -0.2) is 9.97 Å². The molecule has 1 N–H and O–H groups in total. The minimum atomic E-state index is 0.0866. The van der Waals surface area contributed by atoms with Crippen molar-refractivity contribution >= 4 is 5.91 Å². The van der Waals surface area contributed by atoms with Crippen molar-refractivity contribution in [1.82, 2.24) is 30.0 Å². The topological polar surface area (TPSA) is 64.6 Å². The van der Waals surface area contributed by atoms with Crippen molar-refractivity contribution in [2.75, 3.05) is 45.8 Å². The Morgan fingerprint density at radius 2 is 1.65 bits per heavy atom. The lowest BCUT2D eigenvalue weighted by Crippen LogP contribution is -2.62. The van der Waals surface area contributed by atoms with Crippen molar-refractivity contribution in [3.05, 3.63) is 59.2 Å². The van der Waals surface area contributed by atoms with E-state index in [1.54, 1.807) is 6.33 Å². The maximum absolute atomic E-state index is 13.3. The summed E-state index contributed by atoms with van der Waals surface area (Å²) in [6.45, 7) is 15.8. The zero-order chi connectivity index (χ0) is 26.0. The number of likely N-dealkylation sites (tertiary alicyclic amines) is 1. The minimum absolute atomic E-state index is 0.0866.